The van der Waals surface area contributed by atoms with Gasteiger partial charge in [-0.2, -0.15) is 18.4 Å². The number of aromatic amines is 1. The number of H-pyrrole nitrogens is 1. The molecule has 0 unspecified atom stereocenters. The third-order valence-electron chi connectivity index (χ3n) is 6.56. The second-order valence-electron chi connectivity index (χ2n) is 17.9. The Labute approximate surface area is 344 Å². The molecule has 0 aliphatic rings. The van der Waals surface area contributed by atoms with Gasteiger partial charge in [0.15, 0.2) is 29.8 Å². The summed E-state index contributed by atoms with van der Waals surface area (Å²) in [6.07, 6.45) is 0. The number of aliphatic carboxylic acids is 1. The molecule has 3 aromatic heterocycles. The largest absolute Gasteiger partial charge is 0.480 e. The maximum Gasteiger partial charge on any atom is 0.330 e. The first kappa shape index (κ1) is 60.8. The summed E-state index contributed by atoms with van der Waals surface area (Å²) in [5.41, 5.74) is -0.463. The van der Waals surface area contributed by atoms with Gasteiger partial charge in [0, 0.05) is 22.2 Å². The van der Waals surface area contributed by atoms with Gasteiger partial charge in [0.2, 0.25) is 0 Å². The highest BCUT2D eigenvalue weighted by Crippen LogP contribution is 2.49. The highest BCUT2D eigenvalue weighted by molar-refractivity contribution is 7.87. The lowest BCUT2D eigenvalue weighted by Gasteiger charge is -2.18. The van der Waals surface area contributed by atoms with Crippen LogP contribution < -0.4 is 0 Å². The molecule has 0 saturated heterocycles. The number of hydrogen-bond donors (Lipinski definition) is 5. The van der Waals surface area contributed by atoms with Gasteiger partial charge in [0.25, 0.3) is 10.1 Å². The predicted molar refractivity (Wildman–Crippen MR) is 220 cm³/mol. The van der Waals surface area contributed by atoms with Crippen LogP contribution in [0.1, 0.15) is 162 Å². The third kappa shape index (κ3) is 27.7. The molecule has 0 aliphatic carbocycles. The van der Waals surface area contributed by atoms with E-state index >= 15 is 0 Å². The van der Waals surface area contributed by atoms with Crippen molar-refractivity contribution in [2.75, 3.05) is 0 Å². The minimum Gasteiger partial charge on any atom is -0.480 e. The van der Waals surface area contributed by atoms with E-state index < -0.39 is 33.6 Å². The summed E-state index contributed by atoms with van der Waals surface area (Å²) >= 11 is 0. The average molecular weight is 871 g/mol. The molecule has 0 aliphatic heterocycles. The molecule has 24 heteroatoms. The van der Waals surface area contributed by atoms with Crippen LogP contribution in [0.3, 0.4) is 0 Å². The van der Waals surface area contributed by atoms with Crippen LogP contribution >= 0.6 is 7.60 Å². The van der Waals surface area contributed by atoms with Gasteiger partial charge in [-0.25, -0.2) is 4.68 Å². The Balaban J connectivity index is -0.000000307. The fraction of sp³-hybridized carbons (Fsp3) is 0.824. The first-order valence-corrected chi connectivity index (χ1v) is 20.6. The molecule has 0 radical (unpaired) electrons. The lowest BCUT2D eigenvalue weighted by Crippen LogP contribution is -2.26. The van der Waals surface area contributed by atoms with Crippen LogP contribution in [0, 0.1) is 5.41 Å². The minimum absolute atomic E-state index is 0. The Morgan fingerprint density at radius 1 is 0.793 bits per heavy atom. The summed E-state index contributed by atoms with van der Waals surface area (Å²) in [7, 11) is -7.69. The highest BCUT2D eigenvalue weighted by atomic mass is 32.2. The molecule has 3 rings (SSSR count). The van der Waals surface area contributed by atoms with Crippen LogP contribution in [0.5, 0.6) is 0 Å². The molecule has 0 atom stereocenters. The summed E-state index contributed by atoms with van der Waals surface area (Å²) in [4.78, 5) is 49.6. The van der Waals surface area contributed by atoms with E-state index in [1.54, 1.807) is 11.6 Å². The van der Waals surface area contributed by atoms with E-state index in [9.17, 15) is 27.4 Å². The summed E-state index contributed by atoms with van der Waals surface area (Å²) in [5, 5.41) is 43.4. The topological polar surface area (TPSA) is 325 Å². The lowest BCUT2D eigenvalue weighted by molar-refractivity contribution is -0.138. The van der Waals surface area contributed by atoms with Gasteiger partial charge >= 0.3 is 13.6 Å². The predicted octanol–water partition coefficient (Wildman–Crippen LogP) is 4.83. The van der Waals surface area contributed by atoms with Crippen molar-refractivity contribution in [2.24, 2.45) is 5.41 Å². The van der Waals surface area contributed by atoms with Crippen molar-refractivity contribution >= 4 is 35.2 Å². The summed E-state index contributed by atoms with van der Waals surface area (Å²) < 4.78 is 39.6. The van der Waals surface area contributed by atoms with Crippen molar-refractivity contribution in [1.29, 1.82) is 0 Å². The van der Waals surface area contributed by atoms with Gasteiger partial charge in [-0.05, 0) is 71.0 Å². The zero-order valence-electron chi connectivity index (χ0n) is 37.0. The molecule has 0 fully saturated rings. The van der Waals surface area contributed by atoms with Gasteiger partial charge in [-0.15, -0.1) is 25.5 Å². The second kappa shape index (κ2) is 24.2. The number of Topliss-reactive ketones (excluding diaryl/α,β-unsaturated/α-hetero) is 2. The Kier molecular flexibility index (Phi) is 25.4. The van der Waals surface area contributed by atoms with Crippen molar-refractivity contribution in [3.05, 3.63) is 17.5 Å². The lowest BCUT2D eigenvalue weighted by atomic mass is 9.92. The van der Waals surface area contributed by atoms with Crippen LogP contribution in [-0.4, -0.2) is 116 Å². The van der Waals surface area contributed by atoms with Crippen molar-refractivity contribution in [2.45, 2.75) is 179 Å². The van der Waals surface area contributed by atoms with Crippen LogP contribution in [0.15, 0.2) is 0 Å². The molecule has 5 N–H and O–H groups in total. The minimum atomic E-state index is -3.85. The number of rotatable bonds is 5. The van der Waals surface area contributed by atoms with E-state index in [0.29, 0.717) is 11.7 Å². The molecule has 0 saturated carbocycles. The number of carboxylic acids is 1. The molecule has 0 bridgehead atoms. The number of nitrogens with one attached hydrogen (secondary N) is 1. The number of tetrazole rings is 3. The average Bonchev–Trinajstić information content (AvgIpc) is 3.74. The van der Waals surface area contributed by atoms with E-state index in [1.165, 1.54) is 48.5 Å². The van der Waals surface area contributed by atoms with Gasteiger partial charge in [0.1, 0.15) is 12.3 Å². The standard InChI is InChI=1S/C8H14N4O.C7H12N4O2.C6H12O.C4H8N4.C4H11O3P.C4H10O3S.CH4/c1-6(13)5-12-7(8(2,3)4)9-10-11-12;1-7(2,3)6-8-10-11(9-6)4-5(12)13;1-5(7)6(2,3)4;1-3(2)4-5-7-8-6-4;2*1-4(2,3)8(5,6)7;/h5H2,1-4H3;4H2,1-3H3,(H,12,13);1-4H3;3H,1-2H3,(H,5,6,7,8);1-3H3,(H2,5,6,7);1-3H3,(H,5,6,7);1H4. The summed E-state index contributed by atoms with van der Waals surface area (Å²) in [5.74, 6) is 1.75. The molecule has 0 aromatic carbocycles. The van der Waals surface area contributed by atoms with Crippen LogP contribution in [0.2, 0.25) is 0 Å². The second-order valence-corrected chi connectivity index (χ2v) is 22.5. The number of aromatic nitrogens is 12. The van der Waals surface area contributed by atoms with E-state index in [0.717, 1.165) is 16.4 Å². The quantitative estimate of drug-likeness (QED) is 0.169. The molecule has 338 valence electrons. The van der Waals surface area contributed by atoms with Crippen LogP contribution in [0.25, 0.3) is 0 Å². The number of carboxylic acid groups (broad SMARTS) is 1. The Morgan fingerprint density at radius 2 is 1.22 bits per heavy atom. The number of hydrogen-bond acceptors (Lipinski definition) is 15. The summed E-state index contributed by atoms with van der Waals surface area (Å²) in [6, 6.07) is 0. The number of carbonyl (C=O) groups is 3. The first-order valence-electron chi connectivity index (χ1n) is 17.6. The first-order chi connectivity index (χ1) is 25.1. The van der Waals surface area contributed by atoms with Crippen molar-refractivity contribution < 1.29 is 46.8 Å². The molecule has 0 amide bonds. The molecule has 0 spiro atoms. The normalized spacial score (nSPS) is 11.9. The highest BCUT2D eigenvalue weighted by Gasteiger charge is 2.32. The van der Waals surface area contributed by atoms with E-state index in [2.05, 4.69) is 51.6 Å². The monoisotopic (exact) mass is 870 g/mol. The van der Waals surface area contributed by atoms with Crippen LogP contribution in [0.4, 0.5) is 0 Å². The smallest absolute Gasteiger partial charge is 0.330 e. The number of carbonyl (C=O) groups excluding carboxylic acids is 2. The van der Waals surface area contributed by atoms with Gasteiger partial charge in [0.05, 0.1) is 9.90 Å². The van der Waals surface area contributed by atoms with Gasteiger partial charge in [-0.3, -0.25) is 23.5 Å². The summed E-state index contributed by atoms with van der Waals surface area (Å²) in [6.45, 7) is 33.6. The van der Waals surface area contributed by atoms with Crippen molar-refractivity contribution in [3.63, 3.8) is 0 Å². The van der Waals surface area contributed by atoms with Gasteiger partial charge in [-0.1, -0.05) is 88.8 Å². The molecular weight excluding hydrogens is 799 g/mol. The van der Waals surface area contributed by atoms with E-state index in [4.69, 9.17) is 19.4 Å². The van der Waals surface area contributed by atoms with Gasteiger partial charge < -0.3 is 14.9 Å². The van der Waals surface area contributed by atoms with Crippen LogP contribution in [-0.2, 0) is 53.0 Å². The number of ketones is 2. The maximum absolute atomic E-state index is 10.9. The van der Waals surface area contributed by atoms with Crippen molar-refractivity contribution in [1.82, 2.24) is 61.0 Å². The Hall–Kier alpha value is -3.92. The fourth-order valence-corrected chi connectivity index (χ4v) is 2.20. The molecular formula is C34H71N12O10PS. The van der Waals surface area contributed by atoms with E-state index in [-0.39, 0.29) is 48.3 Å². The molecule has 58 heavy (non-hydrogen) atoms. The Morgan fingerprint density at radius 3 is 1.45 bits per heavy atom. The SMILES string of the molecule is C.CC(=O)C(C)(C)C.CC(=O)Cn1nnnc1C(C)(C)C.CC(C)(C)P(=O)(O)O.CC(C)(C)S(=O)(=O)O.CC(C)(C)c1nnn(CC(=O)O)n1.CC(C)c1nn[nH]n1. The third-order valence-corrected chi connectivity index (χ3v) is 9.85. The fourth-order valence-electron chi connectivity index (χ4n) is 2.20. The van der Waals surface area contributed by atoms with E-state index in [1.807, 2.05) is 76.2 Å². The maximum atomic E-state index is 10.9. The Bertz CT molecular complexity index is 1800. The zero-order chi connectivity index (χ0) is 46.2. The molecule has 3 aromatic rings. The molecule has 3 heterocycles. The number of nitrogens with zero attached hydrogens (tertiary/aromatic N) is 11. The molecule has 22 nitrogen and oxygen atoms in total. The van der Waals surface area contributed by atoms with Crippen molar-refractivity contribution in [3.8, 4) is 0 Å². The zero-order valence-corrected chi connectivity index (χ0v) is 38.7.